The Hall–Kier alpha value is -5.69. The third-order valence-electron chi connectivity index (χ3n) is 12.0. The van der Waals surface area contributed by atoms with E-state index in [1.807, 2.05) is 30.3 Å². The van der Waals surface area contributed by atoms with Gasteiger partial charge in [0, 0.05) is 117 Å². The molecule has 2 amide bonds. The van der Waals surface area contributed by atoms with Gasteiger partial charge in [-0.15, -0.1) is 0 Å². The van der Waals surface area contributed by atoms with Crippen LogP contribution >= 0.6 is 46.4 Å². The number of nitrogens with one attached hydrogen (secondary N) is 4. The molecule has 0 saturated carbocycles. The third kappa shape index (κ3) is 13.3. The maximum atomic E-state index is 12.9. The summed E-state index contributed by atoms with van der Waals surface area (Å²) in [6.45, 7) is 12.6. The number of piperazine rings is 2. The molecule has 0 unspecified atom stereocenters. The number of anilines is 5. The highest BCUT2D eigenvalue weighted by Gasteiger charge is 2.20. The summed E-state index contributed by atoms with van der Waals surface area (Å²) >= 11 is 25.7. The molecule has 69 heavy (non-hydrogen) atoms. The summed E-state index contributed by atoms with van der Waals surface area (Å²) in [4.78, 5) is 49.7. The van der Waals surface area contributed by atoms with E-state index in [9.17, 15) is 4.79 Å². The van der Waals surface area contributed by atoms with Crippen LogP contribution in [0.25, 0.3) is 44.3 Å². The predicted octanol–water partition coefficient (Wildman–Crippen LogP) is 9.32. The number of nitrogen functional groups attached to an aromatic ring is 1. The summed E-state index contributed by atoms with van der Waals surface area (Å²) in [6, 6.07) is 23.0. The van der Waals surface area contributed by atoms with Gasteiger partial charge in [0.05, 0.1) is 20.1 Å². The van der Waals surface area contributed by atoms with Gasteiger partial charge in [-0.3, -0.25) is 5.32 Å². The summed E-state index contributed by atoms with van der Waals surface area (Å²) in [5.41, 5.74) is 10.3. The van der Waals surface area contributed by atoms with Crippen LogP contribution in [0, 0.1) is 0 Å². The molecule has 3 aromatic carbocycles. The van der Waals surface area contributed by atoms with E-state index >= 15 is 0 Å². The lowest BCUT2D eigenvalue weighted by molar-refractivity contribution is 0.154. The number of benzene rings is 3. The Bertz CT molecular complexity index is 2820. The molecule has 2 saturated heterocycles. The first-order valence-electron chi connectivity index (χ1n) is 22.9. The molecule has 7 aromatic rings. The lowest BCUT2D eigenvalue weighted by atomic mass is 10.0. The van der Waals surface area contributed by atoms with E-state index in [-0.39, 0.29) is 5.82 Å². The normalized spacial score (nSPS) is 14.9. The van der Waals surface area contributed by atoms with Crippen molar-refractivity contribution >= 4 is 104 Å². The zero-order chi connectivity index (χ0) is 48.3. The van der Waals surface area contributed by atoms with Gasteiger partial charge in [0.2, 0.25) is 11.9 Å². The average molecular weight is 1010 g/mol. The van der Waals surface area contributed by atoms with Crippen LogP contribution in [-0.2, 0) is 0 Å². The molecule has 0 atom stereocenters. The van der Waals surface area contributed by atoms with Gasteiger partial charge in [-0.2, -0.15) is 9.97 Å². The van der Waals surface area contributed by atoms with Gasteiger partial charge in [0.25, 0.3) is 0 Å². The van der Waals surface area contributed by atoms with E-state index in [4.69, 9.17) is 57.1 Å². The molecule has 6 heterocycles. The van der Waals surface area contributed by atoms with Crippen molar-refractivity contribution in [2.24, 2.45) is 0 Å². The lowest BCUT2D eigenvalue weighted by Gasteiger charge is -2.32. The Morgan fingerprint density at radius 1 is 0.580 bits per heavy atom. The van der Waals surface area contributed by atoms with Crippen molar-refractivity contribution in [2.75, 3.05) is 120 Å². The van der Waals surface area contributed by atoms with Crippen LogP contribution in [0.15, 0.2) is 91.3 Å². The molecule has 9 rings (SSSR count). The topological polar surface area (TPSA) is 182 Å². The molecule has 0 spiro atoms. The standard InChI is InChI=1S/C28H30Cl2N8O.C21H25Cl2N7/c1-37-13-15-38(16-14-37)12-6-11-31-27-32-18-19-17-21(24-22(29)9-5-10-23(24)30)26(34-25(19)35-27)36-28(39)33-20-7-3-2-4-8-20;1-29-8-10-30(11-9-29)7-3-6-25-21-26-13-14-12-15(19(24)27-20(14)28-21)18-16(22)4-2-5-17(18)23/h2-5,7-10,17-18H,6,11-16H2,1H3,(H3,31,32,33,34,35,36,39);2,4-5,12-13H,3,6-11H2,1H3,(H3,24,25,26,27,28). The van der Waals surface area contributed by atoms with Gasteiger partial charge in [-0.05, 0) is 88.6 Å². The summed E-state index contributed by atoms with van der Waals surface area (Å²) in [7, 11) is 4.33. The van der Waals surface area contributed by atoms with E-state index in [0.717, 1.165) is 96.8 Å². The van der Waals surface area contributed by atoms with Crippen molar-refractivity contribution in [2.45, 2.75) is 12.8 Å². The number of hydrogen-bond donors (Lipinski definition) is 5. The number of fused-ring (bicyclic) bond motifs is 2. The summed E-state index contributed by atoms with van der Waals surface area (Å²) in [6.07, 6.45) is 5.46. The number of likely N-dealkylation sites (N-methyl/N-ethyl adjacent to an activating group) is 2. The third-order valence-corrected chi connectivity index (χ3v) is 13.2. The molecule has 4 aromatic heterocycles. The van der Waals surface area contributed by atoms with Crippen LogP contribution in [0.2, 0.25) is 20.1 Å². The fourth-order valence-electron chi connectivity index (χ4n) is 8.05. The number of para-hydroxylation sites is 1. The Morgan fingerprint density at radius 2 is 1.04 bits per heavy atom. The number of pyridine rings is 2. The maximum absolute atomic E-state index is 12.9. The highest BCUT2D eigenvalue weighted by Crippen LogP contribution is 2.40. The van der Waals surface area contributed by atoms with Gasteiger partial charge in [-0.25, -0.2) is 24.7 Å². The van der Waals surface area contributed by atoms with E-state index in [1.54, 1.807) is 60.9 Å². The Kier molecular flexibility index (Phi) is 17.1. The minimum absolute atomic E-state index is 0.283. The van der Waals surface area contributed by atoms with Gasteiger partial charge in [0.1, 0.15) is 11.6 Å². The summed E-state index contributed by atoms with van der Waals surface area (Å²) < 4.78 is 0. The number of carbonyl (C=O) groups is 1. The molecule has 0 bridgehead atoms. The van der Waals surface area contributed by atoms with Crippen LogP contribution in [0.1, 0.15) is 12.8 Å². The maximum Gasteiger partial charge on any atom is 0.324 e. The number of amides is 2. The summed E-state index contributed by atoms with van der Waals surface area (Å²) in [5, 5.41) is 15.6. The van der Waals surface area contributed by atoms with Gasteiger partial charge in [0.15, 0.2) is 11.3 Å². The fourth-order valence-corrected chi connectivity index (χ4v) is 9.25. The number of nitrogens with zero attached hydrogens (tertiary/aromatic N) is 10. The van der Waals surface area contributed by atoms with Crippen LogP contribution in [0.4, 0.5) is 34.0 Å². The number of carbonyl (C=O) groups excluding carboxylic acids is 1. The van der Waals surface area contributed by atoms with Crippen LogP contribution < -0.4 is 27.0 Å². The number of rotatable bonds is 14. The zero-order valence-electron chi connectivity index (χ0n) is 38.5. The van der Waals surface area contributed by atoms with Crippen LogP contribution in [-0.4, -0.2) is 148 Å². The smallest absolute Gasteiger partial charge is 0.324 e. The zero-order valence-corrected chi connectivity index (χ0v) is 41.6. The molecule has 6 N–H and O–H groups in total. The van der Waals surface area contributed by atoms with Crippen molar-refractivity contribution in [3.63, 3.8) is 0 Å². The first-order chi connectivity index (χ1) is 33.5. The molecule has 2 aliphatic heterocycles. The first kappa shape index (κ1) is 49.7. The molecule has 360 valence electrons. The monoisotopic (exact) mass is 1010 g/mol. The molecular weight excluding hydrogens is 956 g/mol. The van der Waals surface area contributed by atoms with E-state index in [0.29, 0.717) is 82.4 Å². The highest BCUT2D eigenvalue weighted by atomic mass is 35.5. The Labute approximate surface area is 421 Å². The largest absolute Gasteiger partial charge is 0.383 e. The van der Waals surface area contributed by atoms with Crippen molar-refractivity contribution in [3.05, 3.63) is 111 Å². The SMILES string of the molecule is CN1CCN(CCCNc2ncc3cc(-c4c(Cl)cccc4Cl)c(N)nc3n2)CC1.CN1CCN(CCCNc2ncc3cc(-c4c(Cl)cccc4Cl)c(NC(=O)Nc4ccccc4)nc3n2)CC1. The molecule has 16 nitrogen and oxygen atoms in total. The first-order valence-corrected chi connectivity index (χ1v) is 24.4. The molecule has 0 radical (unpaired) electrons. The van der Waals surface area contributed by atoms with Crippen molar-refractivity contribution in [1.29, 1.82) is 0 Å². The van der Waals surface area contributed by atoms with Crippen molar-refractivity contribution in [1.82, 2.24) is 49.5 Å². The Balaban J connectivity index is 0.000000192. The van der Waals surface area contributed by atoms with E-state index in [2.05, 4.69) is 79.9 Å². The second-order valence-corrected chi connectivity index (χ2v) is 18.6. The molecule has 2 fully saturated rings. The molecule has 20 heteroatoms. The number of hydrogen-bond acceptors (Lipinski definition) is 14. The number of halogens is 4. The number of urea groups is 1. The molecule has 0 aliphatic carbocycles. The second kappa shape index (κ2) is 23.7. The van der Waals surface area contributed by atoms with Crippen molar-refractivity contribution in [3.8, 4) is 22.3 Å². The van der Waals surface area contributed by atoms with Gasteiger partial charge < -0.3 is 41.3 Å². The van der Waals surface area contributed by atoms with Crippen LogP contribution in [0.3, 0.4) is 0 Å². The number of aromatic nitrogens is 6. The van der Waals surface area contributed by atoms with Gasteiger partial charge >= 0.3 is 6.03 Å². The highest BCUT2D eigenvalue weighted by molar-refractivity contribution is 6.40. The molecule has 2 aliphatic rings. The van der Waals surface area contributed by atoms with Crippen molar-refractivity contribution < 1.29 is 4.79 Å². The van der Waals surface area contributed by atoms with Crippen LogP contribution in [0.5, 0.6) is 0 Å². The average Bonchev–Trinajstić information content (AvgIpc) is 3.33. The number of nitrogens with two attached hydrogens (primary N) is 1. The van der Waals surface area contributed by atoms with Gasteiger partial charge in [-0.1, -0.05) is 76.7 Å². The second-order valence-electron chi connectivity index (χ2n) is 17.0. The molecular formula is C49H55Cl4N15O. The quantitative estimate of drug-likeness (QED) is 0.0650. The van der Waals surface area contributed by atoms with E-state index in [1.165, 1.54) is 0 Å². The summed E-state index contributed by atoms with van der Waals surface area (Å²) in [5.74, 6) is 1.65. The van der Waals surface area contributed by atoms with E-state index < -0.39 is 6.03 Å². The fraction of sp³-hybridized carbons (Fsp3) is 0.327. The Morgan fingerprint density at radius 3 is 1.55 bits per heavy atom. The predicted molar refractivity (Wildman–Crippen MR) is 283 cm³/mol. The minimum Gasteiger partial charge on any atom is -0.383 e. The lowest BCUT2D eigenvalue weighted by Crippen LogP contribution is -2.44. The minimum atomic E-state index is -0.450.